The van der Waals surface area contributed by atoms with Crippen molar-refractivity contribution < 1.29 is 24.2 Å². The van der Waals surface area contributed by atoms with Crippen molar-refractivity contribution in [1.29, 1.82) is 0 Å². The molecular weight excluding hydrogens is 277 g/mol. The van der Waals surface area contributed by atoms with Gasteiger partial charge in [0, 0.05) is 0 Å². The van der Waals surface area contributed by atoms with Gasteiger partial charge in [-0.2, -0.15) is 0 Å². The molecule has 0 atom stereocenters. The molecule has 0 saturated carbocycles. The van der Waals surface area contributed by atoms with Crippen molar-refractivity contribution in [3.8, 4) is 5.75 Å². The van der Waals surface area contributed by atoms with Gasteiger partial charge >= 0.3 is 5.97 Å². The van der Waals surface area contributed by atoms with Crippen LogP contribution in [-0.4, -0.2) is 22.1 Å². The van der Waals surface area contributed by atoms with Crippen LogP contribution in [0, 0.1) is 12.7 Å². The quantitative estimate of drug-likeness (QED) is 0.758. The number of hydrogen-bond acceptors (Lipinski definition) is 3. The second-order valence-corrected chi connectivity index (χ2v) is 4.47. The molecule has 5 nitrogen and oxygen atoms in total. The van der Waals surface area contributed by atoms with E-state index in [1.54, 1.807) is 13.0 Å². The van der Waals surface area contributed by atoms with Crippen LogP contribution < -0.4 is 5.32 Å². The number of nitrogens with one attached hydrogen (secondary N) is 1. The van der Waals surface area contributed by atoms with Crippen molar-refractivity contribution in [3.63, 3.8) is 0 Å². The van der Waals surface area contributed by atoms with Crippen LogP contribution in [-0.2, 0) is 0 Å². The molecular formula is C15H12FNO4. The molecule has 21 heavy (non-hydrogen) atoms. The first kappa shape index (κ1) is 14.5. The minimum atomic E-state index is -1.20. The van der Waals surface area contributed by atoms with Crippen LogP contribution >= 0.6 is 0 Å². The molecule has 2 aromatic rings. The van der Waals surface area contributed by atoms with E-state index in [1.165, 1.54) is 18.2 Å². The topological polar surface area (TPSA) is 86.6 Å². The van der Waals surface area contributed by atoms with E-state index in [4.69, 9.17) is 5.11 Å². The van der Waals surface area contributed by atoms with Crippen molar-refractivity contribution in [2.75, 3.05) is 5.32 Å². The minimum absolute atomic E-state index is 0.0973. The highest BCUT2D eigenvalue weighted by Gasteiger charge is 2.15. The van der Waals surface area contributed by atoms with Crippen molar-refractivity contribution in [1.82, 2.24) is 0 Å². The molecule has 2 aromatic carbocycles. The molecule has 0 saturated heterocycles. The number of phenols is 1. The summed E-state index contributed by atoms with van der Waals surface area (Å²) in [7, 11) is 0. The van der Waals surface area contributed by atoms with Crippen LogP contribution in [0.15, 0.2) is 36.4 Å². The van der Waals surface area contributed by atoms with Gasteiger partial charge in [-0.25, -0.2) is 9.18 Å². The van der Waals surface area contributed by atoms with E-state index in [-0.39, 0.29) is 22.6 Å². The number of aromatic hydroxyl groups is 1. The van der Waals surface area contributed by atoms with Gasteiger partial charge in [0.25, 0.3) is 5.91 Å². The number of rotatable bonds is 3. The van der Waals surface area contributed by atoms with Crippen LogP contribution in [0.2, 0.25) is 0 Å². The number of amides is 1. The zero-order valence-corrected chi connectivity index (χ0v) is 11.1. The number of carbonyl (C=O) groups excluding carboxylic acids is 1. The van der Waals surface area contributed by atoms with Crippen LogP contribution in [0.25, 0.3) is 0 Å². The predicted molar refractivity (Wildman–Crippen MR) is 74.2 cm³/mol. The van der Waals surface area contributed by atoms with E-state index in [0.717, 1.165) is 12.1 Å². The smallest absolute Gasteiger partial charge is 0.335 e. The highest BCUT2D eigenvalue weighted by atomic mass is 19.1. The fourth-order valence-corrected chi connectivity index (χ4v) is 1.76. The molecule has 2 rings (SSSR count). The van der Waals surface area contributed by atoms with Gasteiger partial charge in [0.1, 0.15) is 11.6 Å². The van der Waals surface area contributed by atoms with Gasteiger partial charge in [-0.15, -0.1) is 0 Å². The zero-order valence-electron chi connectivity index (χ0n) is 11.1. The number of carboxylic acids is 1. The van der Waals surface area contributed by atoms with Crippen molar-refractivity contribution in [2.24, 2.45) is 0 Å². The SMILES string of the molecule is Cc1ccc(C(=O)Nc2cc(C(=O)O)ccc2O)c(F)c1. The van der Waals surface area contributed by atoms with Crippen LogP contribution in [0.5, 0.6) is 5.75 Å². The van der Waals surface area contributed by atoms with Gasteiger partial charge in [0.2, 0.25) is 0 Å². The second-order valence-electron chi connectivity index (χ2n) is 4.47. The molecule has 3 N–H and O–H groups in total. The Labute approximate surface area is 119 Å². The fourth-order valence-electron chi connectivity index (χ4n) is 1.76. The Morgan fingerprint density at radius 1 is 1.14 bits per heavy atom. The minimum Gasteiger partial charge on any atom is -0.506 e. The molecule has 0 aliphatic rings. The molecule has 108 valence electrons. The van der Waals surface area contributed by atoms with Gasteiger partial charge in [-0.05, 0) is 42.8 Å². The number of carbonyl (C=O) groups is 2. The number of anilines is 1. The number of aromatic carboxylic acids is 1. The van der Waals surface area contributed by atoms with Crippen LogP contribution in [0.1, 0.15) is 26.3 Å². The van der Waals surface area contributed by atoms with E-state index in [9.17, 15) is 19.1 Å². The Morgan fingerprint density at radius 2 is 1.86 bits per heavy atom. The number of hydrogen-bond donors (Lipinski definition) is 3. The average Bonchev–Trinajstić information content (AvgIpc) is 2.40. The third-order valence-corrected chi connectivity index (χ3v) is 2.86. The normalized spacial score (nSPS) is 10.2. The fraction of sp³-hybridized carbons (Fsp3) is 0.0667. The third kappa shape index (κ3) is 3.17. The highest BCUT2D eigenvalue weighted by molar-refractivity contribution is 6.05. The number of carboxylic acid groups (broad SMARTS) is 1. The molecule has 0 aromatic heterocycles. The van der Waals surface area contributed by atoms with Gasteiger partial charge in [-0.1, -0.05) is 6.07 Å². The summed E-state index contributed by atoms with van der Waals surface area (Å²) in [6.45, 7) is 1.69. The van der Waals surface area contributed by atoms with Gasteiger partial charge in [0.05, 0.1) is 16.8 Å². The standard InChI is InChI=1S/C15H12FNO4/c1-8-2-4-10(11(16)6-8)14(19)17-12-7-9(15(20)21)3-5-13(12)18/h2-7,18H,1H3,(H,17,19)(H,20,21). The first-order valence-electron chi connectivity index (χ1n) is 6.02. The number of aryl methyl sites for hydroxylation is 1. The third-order valence-electron chi connectivity index (χ3n) is 2.86. The van der Waals surface area contributed by atoms with Gasteiger partial charge in [-0.3, -0.25) is 4.79 Å². The maximum atomic E-state index is 13.7. The Morgan fingerprint density at radius 3 is 2.48 bits per heavy atom. The summed E-state index contributed by atoms with van der Waals surface area (Å²) in [5.74, 6) is -2.97. The predicted octanol–water partition coefficient (Wildman–Crippen LogP) is 2.79. The first-order valence-corrected chi connectivity index (χ1v) is 6.02. The highest BCUT2D eigenvalue weighted by Crippen LogP contribution is 2.25. The molecule has 0 aliphatic carbocycles. The Hall–Kier alpha value is -2.89. The van der Waals surface area contributed by atoms with Crippen molar-refractivity contribution in [2.45, 2.75) is 6.92 Å². The Balaban J connectivity index is 2.31. The molecule has 0 bridgehead atoms. The summed E-state index contributed by atoms with van der Waals surface area (Å²) in [5.41, 5.74) is 0.271. The number of phenolic OH excluding ortho intramolecular Hbond substituents is 1. The van der Waals surface area contributed by atoms with E-state index >= 15 is 0 Å². The molecule has 0 radical (unpaired) electrons. The monoisotopic (exact) mass is 289 g/mol. The van der Waals surface area contributed by atoms with E-state index in [1.807, 2.05) is 0 Å². The summed E-state index contributed by atoms with van der Waals surface area (Å²) in [6, 6.07) is 7.54. The maximum Gasteiger partial charge on any atom is 0.335 e. The second kappa shape index (κ2) is 5.62. The maximum absolute atomic E-state index is 13.7. The first-order chi connectivity index (χ1) is 9.88. The van der Waals surface area contributed by atoms with E-state index < -0.39 is 17.7 Å². The lowest BCUT2D eigenvalue weighted by Gasteiger charge is -2.09. The van der Waals surface area contributed by atoms with Crippen molar-refractivity contribution >= 4 is 17.6 Å². The van der Waals surface area contributed by atoms with Crippen LogP contribution in [0.3, 0.4) is 0 Å². The molecule has 0 spiro atoms. The van der Waals surface area contributed by atoms with E-state index in [0.29, 0.717) is 5.56 Å². The lowest BCUT2D eigenvalue weighted by Crippen LogP contribution is -2.14. The van der Waals surface area contributed by atoms with E-state index in [2.05, 4.69) is 5.32 Å². The molecule has 0 heterocycles. The summed E-state index contributed by atoms with van der Waals surface area (Å²) < 4.78 is 13.7. The zero-order chi connectivity index (χ0) is 15.6. The number of benzene rings is 2. The molecule has 1 amide bonds. The lowest BCUT2D eigenvalue weighted by atomic mass is 10.1. The summed E-state index contributed by atoms with van der Waals surface area (Å²) >= 11 is 0. The largest absolute Gasteiger partial charge is 0.506 e. The molecule has 0 fully saturated rings. The summed E-state index contributed by atoms with van der Waals surface area (Å²) in [6.07, 6.45) is 0. The molecule has 6 heteroatoms. The van der Waals surface area contributed by atoms with Crippen molar-refractivity contribution in [3.05, 3.63) is 58.9 Å². The Bertz CT molecular complexity index is 728. The van der Waals surface area contributed by atoms with Gasteiger partial charge in [0.15, 0.2) is 0 Å². The van der Waals surface area contributed by atoms with Gasteiger partial charge < -0.3 is 15.5 Å². The molecule has 0 unspecified atom stereocenters. The lowest BCUT2D eigenvalue weighted by molar-refractivity contribution is 0.0696. The molecule has 0 aliphatic heterocycles. The average molecular weight is 289 g/mol. The van der Waals surface area contributed by atoms with Crippen LogP contribution in [0.4, 0.5) is 10.1 Å². The summed E-state index contributed by atoms with van der Waals surface area (Å²) in [5, 5.41) is 20.8. The number of halogens is 1. The summed E-state index contributed by atoms with van der Waals surface area (Å²) in [4.78, 5) is 22.8. The Kier molecular flexibility index (Phi) is 3.89.